The Balaban J connectivity index is 2.00. The second-order valence-corrected chi connectivity index (χ2v) is 7.50. The van der Waals surface area contributed by atoms with E-state index in [0.717, 1.165) is 5.69 Å². The molecule has 1 atom stereocenters. The molecule has 6 nitrogen and oxygen atoms in total. The molecule has 0 aliphatic carbocycles. The maximum Gasteiger partial charge on any atom is 0.220 e. The summed E-state index contributed by atoms with van der Waals surface area (Å²) in [7, 11) is 0. The highest BCUT2D eigenvalue weighted by Crippen LogP contribution is 2.39. The van der Waals surface area contributed by atoms with Gasteiger partial charge in [0, 0.05) is 20.7 Å². The Hall–Kier alpha value is -2.09. The fourth-order valence-electron chi connectivity index (χ4n) is 2.52. The zero-order valence-electron chi connectivity index (χ0n) is 13.7. The van der Waals surface area contributed by atoms with E-state index in [2.05, 4.69) is 10.2 Å². The average Bonchev–Trinajstić information content (AvgIpc) is 2.95. The van der Waals surface area contributed by atoms with Crippen LogP contribution in [-0.4, -0.2) is 26.2 Å². The van der Waals surface area contributed by atoms with Gasteiger partial charge in [0.05, 0.1) is 0 Å². The smallest absolute Gasteiger partial charge is 0.220 e. The number of thioether (sulfide) groups is 1. The third-order valence-corrected chi connectivity index (χ3v) is 5.41. The molecule has 0 bridgehead atoms. The van der Waals surface area contributed by atoms with Crippen LogP contribution in [0.3, 0.4) is 0 Å². The highest BCUT2D eigenvalue weighted by atomic mass is 35.5. The van der Waals surface area contributed by atoms with Gasteiger partial charge >= 0.3 is 0 Å². The summed E-state index contributed by atoms with van der Waals surface area (Å²) in [4.78, 5) is 10.8. The van der Waals surface area contributed by atoms with Gasteiger partial charge in [-0.2, -0.15) is 0 Å². The first-order chi connectivity index (χ1) is 12.5. The number of nitrogens with zero attached hydrogens (tertiary/aromatic N) is 4. The van der Waals surface area contributed by atoms with E-state index >= 15 is 0 Å². The summed E-state index contributed by atoms with van der Waals surface area (Å²) in [6, 6.07) is 14.6. The summed E-state index contributed by atoms with van der Waals surface area (Å²) in [5, 5.41) is 20.4. The highest BCUT2D eigenvalue weighted by Gasteiger charge is 2.25. The number of aromatic nitrogens is 3. The van der Waals surface area contributed by atoms with E-state index in [-0.39, 0.29) is 11.5 Å². The van der Waals surface area contributed by atoms with Crippen LogP contribution in [0, 0.1) is 17.0 Å². The Bertz CT molecular complexity index is 934. The van der Waals surface area contributed by atoms with Crippen LogP contribution >= 0.6 is 35.0 Å². The normalized spacial score (nSPS) is 12.1. The Kier molecular flexibility index (Phi) is 5.80. The van der Waals surface area contributed by atoms with Crippen molar-refractivity contribution >= 4 is 35.0 Å². The number of hydrogen-bond acceptors (Lipinski definition) is 5. The zero-order valence-corrected chi connectivity index (χ0v) is 16.0. The maximum absolute atomic E-state index is 11.2. The molecule has 2 aromatic carbocycles. The first kappa shape index (κ1) is 18.7. The maximum atomic E-state index is 11.2. The van der Waals surface area contributed by atoms with Gasteiger partial charge in [-0.15, -0.1) is 10.2 Å². The number of aryl methyl sites for hydroxylation is 1. The van der Waals surface area contributed by atoms with Gasteiger partial charge < -0.3 is 0 Å². The van der Waals surface area contributed by atoms with E-state index in [9.17, 15) is 10.1 Å². The van der Waals surface area contributed by atoms with Crippen LogP contribution in [0.4, 0.5) is 0 Å². The SMILES string of the molecule is Cc1nnc(S[C@H](C[N+](=O)[O-])c2ccc(Cl)cc2Cl)n1-c1ccccc1. The number of hydrogen-bond donors (Lipinski definition) is 0. The van der Waals surface area contributed by atoms with Crippen LogP contribution in [0.1, 0.15) is 16.6 Å². The summed E-state index contributed by atoms with van der Waals surface area (Å²) in [6.07, 6.45) is 0. The van der Waals surface area contributed by atoms with Crippen molar-refractivity contribution in [3.63, 3.8) is 0 Å². The van der Waals surface area contributed by atoms with Crippen LogP contribution in [0.15, 0.2) is 53.7 Å². The van der Waals surface area contributed by atoms with Gasteiger partial charge in [0.1, 0.15) is 11.1 Å². The molecule has 0 unspecified atom stereocenters. The summed E-state index contributed by atoms with van der Waals surface area (Å²) in [6.45, 7) is 1.54. The molecule has 26 heavy (non-hydrogen) atoms. The molecule has 9 heteroatoms. The summed E-state index contributed by atoms with van der Waals surface area (Å²) >= 11 is 13.5. The topological polar surface area (TPSA) is 73.8 Å². The number of halogens is 2. The fraction of sp³-hybridized carbons (Fsp3) is 0.176. The minimum Gasteiger partial charge on any atom is -0.274 e. The van der Waals surface area contributed by atoms with Gasteiger partial charge in [-0.1, -0.05) is 59.2 Å². The monoisotopic (exact) mass is 408 g/mol. The fourth-order valence-corrected chi connectivity index (χ4v) is 4.34. The number of rotatable bonds is 6. The lowest BCUT2D eigenvalue weighted by Crippen LogP contribution is -2.11. The predicted molar refractivity (Wildman–Crippen MR) is 103 cm³/mol. The zero-order chi connectivity index (χ0) is 18.7. The average molecular weight is 409 g/mol. The Labute approximate surface area is 164 Å². The molecule has 0 N–H and O–H groups in total. The van der Waals surface area contributed by atoms with Crippen LogP contribution in [0.2, 0.25) is 10.0 Å². The molecular formula is C17H14Cl2N4O2S. The highest BCUT2D eigenvalue weighted by molar-refractivity contribution is 7.99. The van der Waals surface area contributed by atoms with Gasteiger partial charge in [0.25, 0.3) is 0 Å². The van der Waals surface area contributed by atoms with Crippen LogP contribution in [-0.2, 0) is 0 Å². The van der Waals surface area contributed by atoms with Crippen molar-refractivity contribution in [3.05, 3.63) is 80.1 Å². The summed E-state index contributed by atoms with van der Waals surface area (Å²) in [5.74, 6) is 0.695. The molecule has 3 aromatic rings. The van der Waals surface area contributed by atoms with Gasteiger partial charge in [-0.25, -0.2) is 0 Å². The van der Waals surface area contributed by atoms with Gasteiger partial charge in [0.2, 0.25) is 6.54 Å². The van der Waals surface area contributed by atoms with E-state index < -0.39 is 5.25 Å². The molecular weight excluding hydrogens is 395 g/mol. The quantitative estimate of drug-likeness (QED) is 0.326. The molecule has 0 saturated carbocycles. The van der Waals surface area contributed by atoms with Gasteiger partial charge in [0.15, 0.2) is 5.16 Å². The Morgan fingerprint density at radius 1 is 1.19 bits per heavy atom. The lowest BCUT2D eigenvalue weighted by Gasteiger charge is -2.15. The number of benzene rings is 2. The number of para-hydroxylation sites is 1. The molecule has 1 heterocycles. The van der Waals surface area contributed by atoms with E-state index in [0.29, 0.717) is 26.6 Å². The molecule has 134 valence electrons. The lowest BCUT2D eigenvalue weighted by molar-refractivity contribution is -0.479. The molecule has 0 amide bonds. The van der Waals surface area contributed by atoms with E-state index in [1.54, 1.807) is 18.2 Å². The van der Waals surface area contributed by atoms with Crippen molar-refractivity contribution in [1.82, 2.24) is 14.8 Å². The molecule has 0 saturated heterocycles. The van der Waals surface area contributed by atoms with Crippen molar-refractivity contribution in [2.24, 2.45) is 0 Å². The second kappa shape index (κ2) is 8.07. The predicted octanol–water partition coefficient (Wildman–Crippen LogP) is 4.99. The van der Waals surface area contributed by atoms with Crippen molar-refractivity contribution < 1.29 is 4.92 Å². The first-order valence-electron chi connectivity index (χ1n) is 7.66. The third kappa shape index (κ3) is 4.17. The Morgan fingerprint density at radius 3 is 2.58 bits per heavy atom. The molecule has 0 spiro atoms. The minimum absolute atomic E-state index is 0.299. The summed E-state index contributed by atoms with van der Waals surface area (Å²) in [5.41, 5.74) is 1.53. The van der Waals surface area contributed by atoms with Crippen LogP contribution < -0.4 is 0 Å². The van der Waals surface area contributed by atoms with Gasteiger partial charge in [-0.05, 0) is 36.8 Å². The van der Waals surface area contributed by atoms with Gasteiger partial charge in [-0.3, -0.25) is 14.7 Å². The standard InChI is InChI=1S/C17H14Cl2N4O2S/c1-11-20-21-17(23(11)13-5-3-2-4-6-13)26-16(10-22(24)25)14-8-7-12(18)9-15(14)19/h2-9,16H,10H2,1H3/t16-/m1/s1. The summed E-state index contributed by atoms with van der Waals surface area (Å²) < 4.78 is 1.86. The second-order valence-electron chi connectivity index (χ2n) is 5.49. The van der Waals surface area contributed by atoms with E-state index in [1.165, 1.54) is 11.8 Å². The van der Waals surface area contributed by atoms with E-state index in [4.69, 9.17) is 23.2 Å². The molecule has 3 rings (SSSR count). The molecule has 1 aromatic heterocycles. The van der Waals surface area contributed by atoms with Crippen LogP contribution in [0.5, 0.6) is 0 Å². The van der Waals surface area contributed by atoms with Crippen molar-refractivity contribution in [2.75, 3.05) is 6.54 Å². The lowest BCUT2D eigenvalue weighted by atomic mass is 10.1. The molecule has 0 aliphatic heterocycles. The molecule has 0 aliphatic rings. The largest absolute Gasteiger partial charge is 0.274 e. The van der Waals surface area contributed by atoms with Crippen LogP contribution in [0.25, 0.3) is 5.69 Å². The minimum atomic E-state index is -0.527. The first-order valence-corrected chi connectivity index (χ1v) is 9.30. The molecule has 0 radical (unpaired) electrons. The van der Waals surface area contributed by atoms with Crippen molar-refractivity contribution in [1.29, 1.82) is 0 Å². The van der Waals surface area contributed by atoms with Crippen molar-refractivity contribution in [2.45, 2.75) is 17.3 Å². The third-order valence-electron chi connectivity index (χ3n) is 3.68. The van der Waals surface area contributed by atoms with E-state index in [1.807, 2.05) is 41.8 Å². The number of nitro groups is 1. The Morgan fingerprint density at radius 2 is 1.92 bits per heavy atom. The molecule has 0 fully saturated rings. The van der Waals surface area contributed by atoms with Crippen molar-refractivity contribution in [3.8, 4) is 5.69 Å².